The van der Waals surface area contributed by atoms with Gasteiger partial charge >= 0.3 is 0 Å². The minimum Gasteiger partial charge on any atom is -0.444 e. The Hall–Kier alpha value is -1.17. The van der Waals surface area contributed by atoms with Gasteiger partial charge in [-0.1, -0.05) is 6.07 Å². The van der Waals surface area contributed by atoms with Gasteiger partial charge in [-0.2, -0.15) is 0 Å². The maximum Gasteiger partial charge on any atom is 0.236 e. The van der Waals surface area contributed by atoms with Crippen molar-refractivity contribution < 1.29 is 4.42 Å². The highest BCUT2D eigenvalue weighted by Crippen LogP contribution is 2.24. The monoisotopic (exact) mass is 263 g/mol. The summed E-state index contributed by atoms with van der Waals surface area (Å²) in [6, 6.07) is 4.04. The van der Waals surface area contributed by atoms with E-state index in [1.165, 1.54) is 6.42 Å². The first-order valence-corrected chi connectivity index (χ1v) is 7.14. The van der Waals surface area contributed by atoms with Crippen LogP contribution in [0.2, 0.25) is 0 Å². The number of thiophene rings is 1. The summed E-state index contributed by atoms with van der Waals surface area (Å²) in [5, 5.41) is 2.03. The molecule has 0 amide bonds. The van der Waals surface area contributed by atoms with E-state index in [-0.39, 0.29) is 0 Å². The topological polar surface area (TPSA) is 55.3 Å². The van der Waals surface area contributed by atoms with Crippen LogP contribution in [0.4, 0.5) is 0 Å². The summed E-state index contributed by atoms with van der Waals surface area (Å²) in [6.07, 6.45) is 2.97. The molecule has 1 aliphatic rings. The lowest BCUT2D eigenvalue weighted by Crippen LogP contribution is -2.22. The fourth-order valence-electron chi connectivity index (χ4n) is 2.37. The highest BCUT2D eigenvalue weighted by Gasteiger charge is 2.22. The number of nitrogens with zero attached hydrogens (tertiary/aromatic N) is 2. The molecule has 3 rings (SSSR count). The van der Waals surface area contributed by atoms with Crippen molar-refractivity contribution in [2.75, 3.05) is 19.6 Å². The second-order valence-corrected chi connectivity index (χ2v) is 5.69. The predicted molar refractivity (Wildman–Crippen MR) is 72.3 cm³/mol. The summed E-state index contributed by atoms with van der Waals surface area (Å²) in [4.78, 5) is 8.02. The Kier molecular flexibility index (Phi) is 3.45. The van der Waals surface area contributed by atoms with E-state index in [9.17, 15) is 0 Å². The van der Waals surface area contributed by atoms with Crippen LogP contribution in [0.5, 0.6) is 0 Å². The number of likely N-dealkylation sites (tertiary alicyclic amines) is 1. The van der Waals surface area contributed by atoms with Crippen molar-refractivity contribution in [3.05, 3.63) is 29.5 Å². The van der Waals surface area contributed by atoms with Crippen LogP contribution in [0, 0.1) is 5.92 Å². The predicted octanol–water partition coefficient (Wildman–Crippen LogP) is 2.18. The zero-order chi connectivity index (χ0) is 12.4. The molecular weight excluding hydrogens is 246 g/mol. The third-order valence-electron chi connectivity index (χ3n) is 3.37. The van der Waals surface area contributed by atoms with Gasteiger partial charge in [0, 0.05) is 13.1 Å². The number of rotatable bonds is 4. The van der Waals surface area contributed by atoms with Gasteiger partial charge in [0.05, 0.1) is 10.6 Å². The molecule has 0 saturated carbocycles. The molecule has 0 spiro atoms. The lowest BCUT2D eigenvalue weighted by Gasteiger charge is -2.13. The van der Waals surface area contributed by atoms with Gasteiger partial charge in [0.2, 0.25) is 5.89 Å². The Morgan fingerprint density at radius 3 is 3.22 bits per heavy atom. The molecular formula is C13H17N3OS. The number of oxazole rings is 1. The summed E-state index contributed by atoms with van der Waals surface area (Å²) >= 11 is 1.65. The summed E-state index contributed by atoms with van der Waals surface area (Å²) in [6.45, 7) is 3.85. The molecule has 0 aliphatic carbocycles. The fraction of sp³-hybridized carbons (Fsp3) is 0.462. The third-order valence-corrected chi connectivity index (χ3v) is 4.23. The van der Waals surface area contributed by atoms with Crippen LogP contribution in [0.1, 0.15) is 12.1 Å². The molecule has 96 valence electrons. The number of hydrogen-bond donors (Lipinski definition) is 1. The van der Waals surface area contributed by atoms with E-state index in [1.54, 1.807) is 17.6 Å². The van der Waals surface area contributed by atoms with E-state index in [0.717, 1.165) is 42.6 Å². The molecule has 0 radical (unpaired) electrons. The molecule has 4 nitrogen and oxygen atoms in total. The highest BCUT2D eigenvalue weighted by molar-refractivity contribution is 7.13. The largest absolute Gasteiger partial charge is 0.444 e. The molecule has 2 aromatic heterocycles. The van der Waals surface area contributed by atoms with Gasteiger partial charge in [-0.3, -0.25) is 4.90 Å². The Labute approximate surface area is 110 Å². The van der Waals surface area contributed by atoms with Crippen molar-refractivity contribution in [3.63, 3.8) is 0 Å². The Morgan fingerprint density at radius 2 is 2.50 bits per heavy atom. The van der Waals surface area contributed by atoms with Crippen molar-refractivity contribution in [1.82, 2.24) is 9.88 Å². The number of aromatic nitrogens is 1. The molecule has 1 unspecified atom stereocenters. The summed E-state index contributed by atoms with van der Waals surface area (Å²) in [5.41, 5.74) is 6.71. The first kappa shape index (κ1) is 11.9. The average Bonchev–Trinajstić information content (AvgIpc) is 3.10. The lowest BCUT2D eigenvalue weighted by molar-refractivity contribution is 0.313. The second-order valence-electron chi connectivity index (χ2n) is 4.75. The molecule has 3 heterocycles. The van der Waals surface area contributed by atoms with Crippen LogP contribution in [0.25, 0.3) is 10.8 Å². The van der Waals surface area contributed by atoms with Gasteiger partial charge in [0.15, 0.2) is 0 Å². The minimum absolute atomic E-state index is 0.647. The van der Waals surface area contributed by atoms with E-state index >= 15 is 0 Å². The van der Waals surface area contributed by atoms with Crippen LogP contribution in [0.3, 0.4) is 0 Å². The van der Waals surface area contributed by atoms with E-state index < -0.39 is 0 Å². The van der Waals surface area contributed by atoms with Crippen molar-refractivity contribution in [1.29, 1.82) is 0 Å². The molecule has 0 aromatic carbocycles. The Bertz CT molecular complexity index is 494. The van der Waals surface area contributed by atoms with Gasteiger partial charge < -0.3 is 10.2 Å². The molecule has 1 atom stereocenters. The number of hydrogen-bond acceptors (Lipinski definition) is 5. The van der Waals surface area contributed by atoms with Crippen molar-refractivity contribution in [2.45, 2.75) is 13.0 Å². The van der Waals surface area contributed by atoms with Gasteiger partial charge in [-0.25, -0.2) is 4.98 Å². The van der Waals surface area contributed by atoms with Gasteiger partial charge in [-0.15, -0.1) is 11.3 Å². The van der Waals surface area contributed by atoms with Gasteiger partial charge in [0.1, 0.15) is 6.26 Å². The normalized spacial score (nSPS) is 20.6. The Morgan fingerprint density at radius 1 is 1.56 bits per heavy atom. The molecule has 18 heavy (non-hydrogen) atoms. The van der Waals surface area contributed by atoms with Crippen LogP contribution in [-0.2, 0) is 6.54 Å². The maximum absolute atomic E-state index is 5.70. The highest BCUT2D eigenvalue weighted by atomic mass is 32.1. The first-order valence-electron chi connectivity index (χ1n) is 6.26. The van der Waals surface area contributed by atoms with Crippen LogP contribution >= 0.6 is 11.3 Å². The van der Waals surface area contributed by atoms with E-state index in [0.29, 0.717) is 5.92 Å². The maximum atomic E-state index is 5.70. The van der Waals surface area contributed by atoms with Crippen LogP contribution in [-0.4, -0.2) is 29.5 Å². The minimum atomic E-state index is 0.647. The standard InChI is InChI=1S/C13H17N3OS/c14-6-10-3-4-16(7-10)8-11-9-17-13(15-11)12-2-1-5-18-12/h1-2,5,9-10H,3-4,6-8,14H2. The molecule has 0 bridgehead atoms. The SMILES string of the molecule is NCC1CCN(Cc2coc(-c3cccs3)n2)C1. The summed E-state index contributed by atoms with van der Waals surface area (Å²) in [7, 11) is 0. The molecule has 1 fully saturated rings. The van der Waals surface area contributed by atoms with E-state index in [1.807, 2.05) is 17.5 Å². The van der Waals surface area contributed by atoms with Crippen molar-refractivity contribution in [2.24, 2.45) is 11.7 Å². The van der Waals surface area contributed by atoms with E-state index in [2.05, 4.69) is 9.88 Å². The average molecular weight is 263 g/mol. The van der Waals surface area contributed by atoms with Crippen LogP contribution in [0.15, 0.2) is 28.2 Å². The molecule has 1 aliphatic heterocycles. The third kappa shape index (κ3) is 2.48. The molecule has 2 N–H and O–H groups in total. The number of nitrogens with two attached hydrogens (primary N) is 1. The Balaban J connectivity index is 1.64. The van der Waals surface area contributed by atoms with Gasteiger partial charge in [0.25, 0.3) is 0 Å². The summed E-state index contributed by atoms with van der Waals surface area (Å²) in [5.74, 6) is 1.38. The van der Waals surface area contributed by atoms with Crippen LogP contribution < -0.4 is 5.73 Å². The fourth-order valence-corrected chi connectivity index (χ4v) is 3.03. The van der Waals surface area contributed by atoms with Crippen molar-refractivity contribution in [3.8, 4) is 10.8 Å². The zero-order valence-electron chi connectivity index (χ0n) is 10.2. The molecule has 2 aromatic rings. The summed E-state index contributed by atoms with van der Waals surface area (Å²) < 4.78 is 5.52. The first-order chi connectivity index (χ1) is 8.85. The molecule has 1 saturated heterocycles. The van der Waals surface area contributed by atoms with Gasteiger partial charge in [-0.05, 0) is 36.9 Å². The van der Waals surface area contributed by atoms with E-state index in [4.69, 9.17) is 10.2 Å². The quantitative estimate of drug-likeness (QED) is 0.918. The molecule has 5 heteroatoms. The zero-order valence-corrected chi connectivity index (χ0v) is 11.0. The second kappa shape index (κ2) is 5.22. The lowest BCUT2D eigenvalue weighted by atomic mass is 10.1. The smallest absolute Gasteiger partial charge is 0.236 e. The van der Waals surface area contributed by atoms with Crippen molar-refractivity contribution >= 4 is 11.3 Å².